The normalized spacial score (nSPS) is 10.8. The molecule has 0 aliphatic carbocycles. The summed E-state index contributed by atoms with van der Waals surface area (Å²) in [5.41, 5.74) is 5.31. The highest BCUT2D eigenvalue weighted by molar-refractivity contribution is 5.69. The number of benzene rings is 2. The molecular formula is C23H20N4O. The number of rotatable bonds is 5. The minimum atomic E-state index is 0.337. The van der Waals surface area contributed by atoms with Gasteiger partial charge < -0.3 is 4.74 Å². The van der Waals surface area contributed by atoms with E-state index in [4.69, 9.17) is 4.74 Å². The molecule has 4 rings (SSSR count). The minimum absolute atomic E-state index is 0.337. The second-order valence-corrected chi connectivity index (χ2v) is 6.41. The molecule has 2 aromatic heterocycles. The fourth-order valence-corrected chi connectivity index (χ4v) is 3.03. The molecule has 4 aromatic rings. The summed E-state index contributed by atoms with van der Waals surface area (Å²) in [7, 11) is 1.64. The zero-order valence-electron chi connectivity index (χ0n) is 15.8. The van der Waals surface area contributed by atoms with Crippen molar-refractivity contribution in [3.8, 4) is 33.9 Å². The molecule has 0 spiro atoms. The van der Waals surface area contributed by atoms with Gasteiger partial charge in [0, 0.05) is 18.2 Å². The molecule has 2 aromatic carbocycles. The summed E-state index contributed by atoms with van der Waals surface area (Å²) >= 11 is 0. The van der Waals surface area contributed by atoms with E-state index in [1.165, 1.54) is 0 Å². The van der Waals surface area contributed by atoms with Crippen LogP contribution in [0.15, 0.2) is 72.8 Å². The quantitative estimate of drug-likeness (QED) is 0.510. The molecule has 0 bridgehead atoms. The topological polar surface area (TPSA) is 60.8 Å². The van der Waals surface area contributed by atoms with Crippen LogP contribution >= 0.6 is 0 Å². The van der Waals surface area contributed by atoms with E-state index in [0.29, 0.717) is 18.3 Å². The van der Waals surface area contributed by atoms with Gasteiger partial charge in [0.05, 0.1) is 22.8 Å². The molecule has 0 N–H and O–H groups in total. The highest BCUT2D eigenvalue weighted by Crippen LogP contribution is 2.26. The van der Waals surface area contributed by atoms with Crippen molar-refractivity contribution in [3.05, 3.63) is 84.4 Å². The lowest BCUT2D eigenvalue weighted by Crippen LogP contribution is -2.02. The van der Waals surface area contributed by atoms with Gasteiger partial charge in [-0.15, -0.1) is 0 Å². The van der Waals surface area contributed by atoms with Crippen molar-refractivity contribution in [1.82, 2.24) is 19.9 Å². The highest BCUT2D eigenvalue weighted by Gasteiger charge is 2.12. The first-order valence-corrected chi connectivity index (χ1v) is 9.07. The summed E-state index contributed by atoms with van der Waals surface area (Å²) in [5, 5.41) is 0. The molecule has 5 heteroatoms. The Kier molecular flexibility index (Phi) is 5.17. The molecule has 0 amide bonds. The fraction of sp³-hybridized carbons (Fsp3) is 0.130. The number of aryl methyl sites for hydroxylation is 1. The van der Waals surface area contributed by atoms with Gasteiger partial charge in [-0.1, -0.05) is 60.7 Å². The smallest absolute Gasteiger partial charge is 0.155 e. The molecule has 0 atom stereocenters. The van der Waals surface area contributed by atoms with Crippen LogP contribution in [-0.2, 0) is 11.3 Å². The Balaban J connectivity index is 1.84. The van der Waals surface area contributed by atoms with Crippen LogP contribution in [0, 0.1) is 6.92 Å². The van der Waals surface area contributed by atoms with Gasteiger partial charge in [0.1, 0.15) is 12.4 Å². The predicted molar refractivity (Wildman–Crippen MR) is 109 cm³/mol. The van der Waals surface area contributed by atoms with E-state index in [9.17, 15) is 0 Å². The first-order valence-electron chi connectivity index (χ1n) is 9.07. The number of ether oxygens (including phenoxy) is 1. The average Bonchev–Trinajstić information content (AvgIpc) is 2.74. The summed E-state index contributed by atoms with van der Waals surface area (Å²) in [4.78, 5) is 18.5. The van der Waals surface area contributed by atoms with Crippen LogP contribution < -0.4 is 0 Å². The number of hydrogen-bond donors (Lipinski definition) is 0. The molecule has 0 aliphatic heterocycles. The van der Waals surface area contributed by atoms with E-state index in [-0.39, 0.29) is 0 Å². The Morgan fingerprint density at radius 2 is 1.11 bits per heavy atom. The second kappa shape index (κ2) is 8.06. The average molecular weight is 368 g/mol. The predicted octanol–water partition coefficient (Wildman–Crippen LogP) is 4.72. The molecule has 138 valence electrons. The van der Waals surface area contributed by atoms with Crippen LogP contribution in [0.25, 0.3) is 33.9 Å². The van der Waals surface area contributed by atoms with E-state index in [1.807, 2.05) is 79.7 Å². The Hall–Kier alpha value is -3.44. The molecule has 0 fully saturated rings. The van der Waals surface area contributed by atoms with Crippen LogP contribution in [0.3, 0.4) is 0 Å². The summed E-state index contributed by atoms with van der Waals surface area (Å²) in [6, 6.07) is 24.0. The Bertz CT molecular complexity index is 1080. The van der Waals surface area contributed by atoms with Crippen LogP contribution in [-0.4, -0.2) is 27.0 Å². The van der Waals surface area contributed by atoms with E-state index in [0.717, 1.165) is 33.9 Å². The zero-order valence-corrected chi connectivity index (χ0v) is 15.8. The molecule has 0 saturated heterocycles. The van der Waals surface area contributed by atoms with Crippen molar-refractivity contribution in [2.75, 3.05) is 7.11 Å². The van der Waals surface area contributed by atoms with Crippen molar-refractivity contribution >= 4 is 0 Å². The van der Waals surface area contributed by atoms with Crippen molar-refractivity contribution < 1.29 is 4.74 Å². The van der Waals surface area contributed by atoms with Crippen molar-refractivity contribution in [2.45, 2.75) is 13.5 Å². The van der Waals surface area contributed by atoms with Gasteiger partial charge in [0.25, 0.3) is 0 Å². The zero-order chi connectivity index (χ0) is 19.3. The fourth-order valence-electron chi connectivity index (χ4n) is 3.03. The minimum Gasteiger partial charge on any atom is -0.377 e. The van der Waals surface area contributed by atoms with Gasteiger partial charge in [-0.25, -0.2) is 19.9 Å². The third kappa shape index (κ3) is 3.94. The Morgan fingerprint density at radius 1 is 0.643 bits per heavy atom. The van der Waals surface area contributed by atoms with Crippen LogP contribution in [0.2, 0.25) is 0 Å². The van der Waals surface area contributed by atoms with Gasteiger partial charge in [0.15, 0.2) is 5.82 Å². The van der Waals surface area contributed by atoms with E-state index < -0.39 is 0 Å². The number of hydrogen-bond acceptors (Lipinski definition) is 5. The first kappa shape index (κ1) is 17.9. The van der Waals surface area contributed by atoms with Crippen molar-refractivity contribution in [1.29, 1.82) is 0 Å². The van der Waals surface area contributed by atoms with E-state index in [2.05, 4.69) is 19.9 Å². The largest absolute Gasteiger partial charge is 0.377 e. The second-order valence-electron chi connectivity index (χ2n) is 6.41. The van der Waals surface area contributed by atoms with Crippen LogP contribution in [0.4, 0.5) is 0 Å². The lowest BCUT2D eigenvalue weighted by molar-refractivity contribution is 0.178. The first-order chi connectivity index (χ1) is 13.7. The van der Waals surface area contributed by atoms with Crippen LogP contribution in [0.1, 0.15) is 11.6 Å². The monoisotopic (exact) mass is 368 g/mol. The van der Waals surface area contributed by atoms with Gasteiger partial charge in [-0.05, 0) is 19.1 Å². The molecule has 5 nitrogen and oxygen atoms in total. The van der Waals surface area contributed by atoms with E-state index >= 15 is 0 Å². The molecular weight excluding hydrogens is 348 g/mol. The molecule has 0 radical (unpaired) electrons. The molecule has 0 saturated carbocycles. The third-order valence-corrected chi connectivity index (χ3v) is 4.29. The van der Waals surface area contributed by atoms with Gasteiger partial charge >= 0.3 is 0 Å². The maximum Gasteiger partial charge on any atom is 0.155 e. The maximum absolute atomic E-state index is 5.27. The lowest BCUT2D eigenvalue weighted by atomic mass is 10.1. The highest BCUT2D eigenvalue weighted by atomic mass is 16.5. The lowest BCUT2D eigenvalue weighted by Gasteiger charge is -2.10. The van der Waals surface area contributed by atoms with Crippen LogP contribution in [0.5, 0.6) is 0 Å². The van der Waals surface area contributed by atoms with E-state index in [1.54, 1.807) is 7.11 Å². The van der Waals surface area contributed by atoms with Gasteiger partial charge in [-0.3, -0.25) is 0 Å². The molecule has 0 aliphatic rings. The summed E-state index contributed by atoms with van der Waals surface area (Å²) < 4.78 is 5.27. The number of aromatic nitrogens is 4. The number of nitrogens with zero attached hydrogens (tertiary/aromatic N) is 4. The van der Waals surface area contributed by atoms with Crippen molar-refractivity contribution in [2.24, 2.45) is 0 Å². The SMILES string of the molecule is COCc1nc(-c2ccccc2)cc(-c2cc(-c3ccccc3)nc(C)n2)n1. The molecule has 28 heavy (non-hydrogen) atoms. The third-order valence-electron chi connectivity index (χ3n) is 4.29. The van der Waals surface area contributed by atoms with Gasteiger partial charge in [-0.2, -0.15) is 0 Å². The Labute approximate surface area is 164 Å². The summed E-state index contributed by atoms with van der Waals surface area (Å²) in [6.45, 7) is 2.23. The van der Waals surface area contributed by atoms with Gasteiger partial charge in [0.2, 0.25) is 0 Å². The Morgan fingerprint density at radius 3 is 1.68 bits per heavy atom. The maximum atomic E-state index is 5.27. The molecule has 2 heterocycles. The van der Waals surface area contributed by atoms with Crippen molar-refractivity contribution in [3.63, 3.8) is 0 Å². The molecule has 0 unspecified atom stereocenters. The summed E-state index contributed by atoms with van der Waals surface area (Å²) in [5.74, 6) is 1.32. The number of methoxy groups -OCH3 is 1. The summed E-state index contributed by atoms with van der Waals surface area (Å²) in [6.07, 6.45) is 0. The standard InChI is InChI=1S/C23H20N4O/c1-16-24-19(17-9-5-3-6-10-17)13-21(25-16)22-14-20(18-11-7-4-8-12-18)26-23(27-22)15-28-2/h3-14H,15H2,1-2H3.